The number of ether oxygens (including phenoxy) is 1. The van der Waals surface area contributed by atoms with Crippen LogP contribution in [-0.4, -0.2) is 55.5 Å². The van der Waals surface area contributed by atoms with Crippen molar-refractivity contribution in [3.05, 3.63) is 35.9 Å². The first-order chi connectivity index (χ1) is 11.0. The molecule has 0 N–H and O–H groups in total. The van der Waals surface area contributed by atoms with Crippen molar-refractivity contribution < 1.29 is 14.3 Å². The number of nitrogens with zero attached hydrogens (tertiary/aromatic N) is 2. The predicted octanol–water partition coefficient (Wildman–Crippen LogP) is 2.09. The number of rotatable bonds is 5. The maximum Gasteiger partial charge on any atom is 0.242 e. The number of carbonyl (C=O) groups excluding carboxylic acids is 2. The van der Waals surface area contributed by atoms with E-state index in [1.807, 2.05) is 37.3 Å². The van der Waals surface area contributed by atoms with Crippen LogP contribution in [0.4, 0.5) is 0 Å². The van der Waals surface area contributed by atoms with Crippen LogP contribution in [-0.2, 0) is 14.3 Å². The standard InChI is InChI=1S/C18H26N2O3/c1-14(15-8-5-4-6-9-15)20(3)17(21)12-19(2)18(22)16-10-7-11-23-13-16/h4-6,8-9,14,16H,7,10-13H2,1-3H3/t14-,16-/m1/s1. The van der Waals surface area contributed by atoms with E-state index in [-0.39, 0.29) is 30.3 Å². The SMILES string of the molecule is C[C@H](c1ccccc1)N(C)C(=O)CN(C)C(=O)[C@@H]1CCCOC1. The van der Waals surface area contributed by atoms with E-state index in [1.54, 1.807) is 19.0 Å². The van der Waals surface area contributed by atoms with Crippen LogP contribution < -0.4 is 0 Å². The van der Waals surface area contributed by atoms with Gasteiger partial charge in [-0.1, -0.05) is 30.3 Å². The summed E-state index contributed by atoms with van der Waals surface area (Å²) in [5.41, 5.74) is 1.08. The zero-order valence-electron chi connectivity index (χ0n) is 14.2. The minimum atomic E-state index is -0.113. The van der Waals surface area contributed by atoms with Crippen molar-refractivity contribution in [3.8, 4) is 0 Å². The highest BCUT2D eigenvalue weighted by molar-refractivity contribution is 5.86. The van der Waals surface area contributed by atoms with Gasteiger partial charge in [0.15, 0.2) is 0 Å². The van der Waals surface area contributed by atoms with E-state index in [2.05, 4.69) is 0 Å². The van der Waals surface area contributed by atoms with Crippen LogP contribution in [0, 0.1) is 5.92 Å². The largest absolute Gasteiger partial charge is 0.381 e. The molecule has 5 heteroatoms. The lowest BCUT2D eigenvalue weighted by molar-refractivity contribution is -0.144. The van der Waals surface area contributed by atoms with Crippen LogP contribution >= 0.6 is 0 Å². The maximum absolute atomic E-state index is 12.5. The second-order valence-electron chi connectivity index (χ2n) is 6.20. The van der Waals surface area contributed by atoms with E-state index in [1.165, 1.54) is 4.90 Å². The molecule has 1 aromatic rings. The first-order valence-electron chi connectivity index (χ1n) is 8.14. The summed E-state index contributed by atoms with van der Waals surface area (Å²) in [5, 5.41) is 0. The molecule has 126 valence electrons. The summed E-state index contributed by atoms with van der Waals surface area (Å²) in [7, 11) is 3.47. The number of benzene rings is 1. The van der Waals surface area contributed by atoms with Gasteiger partial charge in [-0.2, -0.15) is 0 Å². The second-order valence-corrected chi connectivity index (χ2v) is 6.20. The van der Waals surface area contributed by atoms with Crippen molar-refractivity contribution in [2.45, 2.75) is 25.8 Å². The summed E-state index contributed by atoms with van der Waals surface area (Å²) >= 11 is 0. The molecule has 2 atom stereocenters. The third-order valence-corrected chi connectivity index (χ3v) is 4.51. The van der Waals surface area contributed by atoms with E-state index in [9.17, 15) is 9.59 Å². The van der Waals surface area contributed by atoms with E-state index < -0.39 is 0 Å². The van der Waals surface area contributed by atoms with E-state index in [0.29, 0.717) is 6.61 Å². The van der Waals surface area contributed by atoms with Crippen molar-refractivity contribution in [1.82, 2.24) is 9.80 Å². The van der Waals surface area contributed by atoms with E-state index >= 15 is 0 Å². The van der Waals surface area contributed by atoms with Crippen molar-refractivity contribution in [3.63, 3.8) is 0 Å². The molecule has 1 aliphatic rings. The molecule has 2 amide bonds. The van der Waals surface area contributed by atoms with Crippen LogP contribution in [0.1, 0.15) is 31.4 Å². The fourth-order valence-electron chi connectivity index (χ4n) is 2.81. The topological polar surface area (TPSA) is 49.9 Å². The number of carbonyl (C=O) groups is 2. The minimum absolute atomic E-state index is 0.00110. The highest BCUT2D eigenvalue weighted by atomic mass is 16.5. The fourth-order valence-corrected chi connectivity index (χ4v) is 2.81. The molecular weight excluding hydrogens is 292 g/mol. The molecule has 1 heterocycles. The molecule has 0 unspecified atom stereocenters. The molecule has 5 nitrogen and oxygen atoms in total. The van der Waals surface area contributed by atoms with Gasteiger partial charge in [0.05, 0.1) is 25.1 Å². The van der Waals surface area contributed by atoms with Crippen LogP contribution in [0.25, 0.3) is 0 Å². The summed E-state index contributed by atoms with van der Waals surface area (Å²) in [6.45, 7) is 3.28. The molecule has 0 saturated carbocycles. The smallest absolute Gasteiger partial charge is 0.242 e. The van der Waals surface area contributed by atoms with Gasteiger partial charge in [-0.05, 0) is 25.3 Å². The Morgan fingerprint density at radius 3 is 2.57 bits per heavy atom. The Kier molecular flexibility index (Phi) is 6.16. The average Bonchev–Trinajstić information content (AvgIpc) is 2.61. The normalized spacial score (nSPS) is 19.0. The molecule has 0 spiro atoms. The third kappa shape index (κ3) is 4.55. The van der Waals surface area contributed by atoms with Gasteiger partial charge in [0.2, 0.25) is 11.8 Å². The van der Waals surface area contributed by atoms with Crippen LogP contribution in [0.5, 0.6) is 0 Å². The first kappa shape index (κ1) is 17.5. The molecule has 1 saturated heterocycles. The number of hydrogen-bond acceptors (Lipinski definition) is 3. The minimum Gasteiger partial charge on any atom is -0.381 e. The Morgan fingerprint density at radius 2 is 1.96 bits per heavy atom. The summed E-state index contributed by atoms with van der Waals surface area (Å²) < 4.78 is 5.36. The summed E-state index contributed by atoms with van der Waals surface area (Å²) in [5.74, 6) is -0.175. The van der Waals surface area contributed by atoms with E-state index in [4.69, 9.17) is 4.74 Å². The Labute approximate surface area is 138 Å². The number of amides is 2. The Morgan fingerprint density at radius 1 is 1.26 bits per heavy atom. The predicted molar refractivity (Wildman–Crippen MR) is 88.8 cm³/mol. The lowest BCUT2D eigenvalue weighted by Crippen LogP contribution is -2.43. The Hall–Kier alpha value is -1.88. The van der Waals surface area contributed by atoms with Crippen molar-refractivity contribution in [2.24, 2.45) is 5.92 Å². The highest BCUT2D eigenvalue weighted by Gasteiger charge is 2.27. The summed E-state index contributed by atoms with van der Waals surface area (Å²) in [4.78, 5) is 28.0. The fraction of sp³-hybridized carbons (Fsp3) is 0.556. The van der Waals surface area contributed by atoms with Crippen LogP contribution in [0.15, 0.2) is 30.3 Å². The van der Waals surface area contributed by atoms with Gasteiger partial charge in [0.1, 0.15) is 0 Å². The maximum atomic E-state index is 12.5. The quantitative estimate of drug-likeness (QED) is 0.835. The van der Waals surface area contributed by atoms with Crippen LogP contribution in [0.2, 0.25) is 0 Å². The number of hydrogen-bond donors (Lipinski definition) is 0. The molecule has 23 heavy (non-hydrogen) atoms. The Balaban J connectivity index is 1.90. The molecule has 1 fully saturated rings. The van der Waals surface area contributed by atoms with Gasteiger partial charge in [-0.25, -0.2) is 0 Å². The number of likely N-dealkylation sites (N-methyl/N-ethyl adjacent to an activating group) is 2. The molecule has 1 aromatic carbocycles. The van der Waals surface area contributed by atoms with E-state index in [0.717, 1.165) is 25.0 Å². The second kappa shape index (κ2) is 8.11. The molecule has 0 aromatic heterocycles. The Bertz CT molecular complexity index is 526. The van der Waals surface area contributed by atoms with Gasteiger partial charge >= 0.3 is 0 Å². The van der Waals surface area contributed by atoms with Gasteiger partial charge in [0, 0.05) is 20.7 Å². The van der Waals surface area contributed by atoms with Crippen molar-refractivity contribution >= 4 is 11.8 Å². The van der Waals surface area contributed by atoms with Crippen molar-refractivity contribution in [2.75, 3.05) is 33.9 Å². The van der Waals surface area contributed by atoms with Crippen LogP contribution in [0.3, 0.4) is 0 Å². The lowest BCUT2D eigenvalue weighted by atomic mass is 10.0. The van der Waals surface area contributed by atoms with Gasteiger partial charge in [-0.3, -0.25) is 9.59 Å². The highest BCUT2D eigenvalue weighted by Crippen LogP contribution is 2.19. The molecule has 1 aliphatic heterocycles. The lowest BCUT2D eigenvalue weighted by Gasteiger charge is -2.30. The molecule has 0 radical (unpaired) electrons. The zero-order chi connectivity index (χ0) is 16.8. The zero-order valence-corrected chi connectivity index (χ0v) is 14.2. The third-order valence-electron chi connectivity index (χ3n) is 4.51. The molecule has 0 bridgehead atoms. The molecule has 0 aliphatic carbocycles. The average molecular weight is 318 g/mol. The van der Waals surface area contributed by atoms with Gasteiger partial charge < -0.3 is 14.5 Å². The van der Waals surface area contributed by atoms with Crippen molar-refractivity contribution in [1.29, 1.82) is 0 Å². The monoisotopic (exact) mass is 318 g/mol. The first-order valence-corrected chi connectivity index (χ1v) is 8.14. The van der Waals surface area contributed by atoms with Gasteiger partial charge in [-0.15, -0.1) is 0 Å². The summed E-state index contributed by atoms with van der Waals surface area (Å²) in [6.07, 6.45) is 1.75. The molecule has 2 rings (SSSR count). The molecular formula is C18H26N2O3. The van der Waals surface area contributed by atoms with Gasteiger partial charge in [0.25, 0.3) is 0 Å². The summed E-state index contributed by atoms with van der Waals surface area (Å²) in [6, 6.07) is 9.86.